The van der Waals surface area contributed by atoms with Gasteiger partial charge in [0.25, 0.3) is 0 Å². The molecule has 25 heavy (non-hydrogen) atoms. The van der Waals surface area contributed by atoms with Gasteiger partial charge in [0.05, 0.1) is 6.61 Å². The van der Waals surface area contributed by atoms with Gasteiger partial charge in [-0.05, 0) is 53.1 Å². The molecule has 2 aromatic carbocycles. The van der Waals surface area contributed by atoms with Crippen LogP contribution in [0.5, 0.6) is 0 Å². The molecule has 0 bridgehead atoms. The highest BCUT2D eigenvalue weighted by Crippen LogP contribution is 2.38. The van der Waals surface area contributed by atoms with E-state index in [2.05, 4.69) is 16.0 Å². The summed E-state index contributed by atoms with van der Waals surface area (Å²) in [6, 6.07) is 17.8. The van der Waals surface area contributed by atoms with E-state index in [1.807, 2.05) is 54.7 Å². The SMILES string of the molecule is Nc1ccc(Sc2c[nH]c3nccc(-c4cccc(CO)c4)c23)cc1. The van der Waals surface area contributed by atoms with Crippen molar-refractivity contribution in [1.29, 1.82) is 0 Å². The molecular formula is C20H17N3OS. The van der Waals surface area contributed by atoms with E-state index in [-0.39, 0.29) is 6.61 Å². The van der Waals surface area contributed by atoms with Gasteiger partial charge in [0.1, 0.15) is 5.65 Å². The molecule has 0 spiro atoms. The van der Waals surface area contributed by atoms with Crippen LogP contribution in [0.4, 0.5) is 5.69 Å². The molecule has 4 rings (SSSR count). The lowest BCUT2D eigenvalue weighted by atomic mass is 10.0. The molecule has 0 saturated carbocycles. The van der Waals surface area contributed by atoms with Crippen molar-refractivity contribution in [3.05, 3.63) is 72.6 Å². The van der Waals surface area contributed by atoms with Crippen LogP contribution in [-0.2, 0) is 6.61 Å². The number of H-pyrrole nitrogens is 1. The largest absolute Gasteiger partial charge is 0.399 e. The highest BCUT2D eigenvalue weighted by atomic mass is 32.2. The van der Waals surface area contributed by atoms with Gasteiger partial charge in [-0.25, -0.2) is 4.98 Å². The van der Waals surface area contributed by atoms with E-state index in [1.54, 1.807) is 18.0 Å². The summed E-state index contributed by atoms with van der Waals surface area (Å²) in [7, 11) is 0. The van der Waals surface area contributed by atoms with Gasteiger partial charge >= 0.3 is 0 Å². The maximum absolute atomic E-state index is 9.42. The number of fused-ring (bicyclic) bond motifs is 1. The third-order valence-corrected chi connectivity index (χ3v) is 5.12. The Morgan fingerprint density at radius 2 is 1.92 bits per heavy atom. The zero-order chi connectivity index (χ0) is 17.2. The summed E-state index contributed by atoms with van der Waals surface area (Å²) in [5, 5.41) is 10.5. The number of nitrogens with zero attached hydrogens (tertiary/aromatic N) is 1. The molecule has 0 unspecified atom stereocenters. The molecule has 124 valence electrons. The van der Waals surface area contributed by atoms with Crippen LogP contribution < -0.4 is 5.73 Å². The van der Waals surface area contributed by atoms with Crippen LogP contribution in [0.15, 0.2) is 76.8 Å². The number of anilines is 1. The van der Waals surface area contributed by atoms with Crippen molar-refractivity contribution in [1.82, 2.24) is 9.97 Å². The predicted octanol–water partition coefficient (Wildman–Crippen LogP) is 4.46. The van der Waals surface area contributed by atoms with Gasteiger partial charge in [0.2, 0.25) is 0 Å². The Bertz CT molecular complexity index is 1020. The molecule has 0 radical (unpaired) electrons. The van der Waals surface area contributed by atoms with Gasteiger partial charge in [0, 0.05) is 33.3 Å². The lowest BCUT2D eigenvalue weighted by molar-refractivity contribution is 0.282. The molecule has 0 atom stereocenters. The predicted molar refractivity (Wildman–Crippen MR) is 102 cm³/mol. The smallest absolute Gasteiger partial charge is 0.139 e. The van der Waals surface area contributed by atoms with Crippen LogP contribution in [0, 0.1) is 0 Å². The first kappa shape index (κ1) is 15.7. The van der Waals surface area contributed by atoms with Crippen LogP contribution in [0.2, 0.25) is 0 Å². The first-order valence-electron chi connectivity index (χ1n) is 7.94. The summed E-state index contributed by atoms with van der Waals surface area (Å²) in [5.74, 6) is 0. The number of aliphatic hydroxyl groups excluding tert-OH is 1. The first-order valence-corrected chi connectivity index (χ1v) is 8.76. The maximum Gasteiger partial charge on any atom is 0.139 e. The first-order chi connectivity index (χ1) is 12.2. The van der Waals surface area contributed by atoms with Gasteiger partial charge in [-0.1, -0.05) is 30.0 Å². The monoisotopic (exact) mass is 347 g/mol. The summed E-state index contributed by atoms with van der Waals surface area (Å²) < 4.78 is 0. The van der Waals surface area contributed by atoms with Crippen molar-refractivity contribution in [2.24, 2.45) is 0 Å². The molecule has 4 aromatic rings. The molecule has 5 heteroatoms. The van der Waals surface area contributed by atoms with Crippen molar-refractivity contribution in [3.8, 4) is 11.1 Å². The Morgan fingerprint density at radius 1 is 1.08 bits per heavy atom. The molecule has 0 aliphatic carbocycles. The number of aromatic amines is 1. The number of benzene rings is 2. The topological polar surface area (TPSA) is 74.9 Å². The van der Waals surface area contributed by atoms with Crippen LogP contribution in [0.25, 0.3) is 22.2 Å². The average molecular weight is 347 g/mol. The third kappa shape index (κ3) is 3.12. The molecule has 2 aromatic heterocycles. The van der Waals surface area contributed by atoms with E-state index in [0.717, 1.165) is 43.2 Å². The standard InChI is InChI=1S/C20H17N3OS/c21-15-4-6-16(7-5-15)25-18-11-23-20-19(18)17(8-9-22-20)14-3-1-2-13(10-14)12-24/h1-11,24H,12,21H2,(H,22,23). The molecule has 2 heterocycles. The van der Waals surface area contributed by atoms with Gasteiger partial charge in [0.15, 0.2) is 0 Å². The van der Waals surface area contributed by atoms with Crippen LogP contribution in [0.1, 0.15) is 5.56 Å². The highest BCUT2D eigenvalue weighted by molar-refractivity contribution is 7.99. The zero-order valence-electron chi connectivity index (χ0n) is 13.4. The molecule has 4 N–H and O–H groups in total. The minimum atomic E-state index is 0.0300. The fourth-order valence-corrected chi connectivity index (χ4v) is 3.80. The number of nitrogen functional groups attached to an aromatic ring is 1. The second kappa shape index (κ2) is 6.63. The molecule has 0 amide bonds. The van der Waals surface area contributed by atoms with Crippen molar-refractivity contribution in [2.45, 2.75) is 16.4 Å². The van der Waals surface area contributed by atoms with E-state index in [1.165, 1.54) is 0 Å². The van der Waals surface area contributed by atoms with Crippen molar-refractivity contribution in [3.63, 3.8) is 0 Å². The molecule has 0 saturated heterocycles. The summed E-state index contributed by atoms with van der Waals surface area (Å²) >= 11 is 1.68. The summed E-state index contributed by atoms with van der Waals surface area (Å²) in [5.41, 5.74) is 10.4. The number of aliphatic hydroxyl groups is 1. The van der Waals surface area contributed by atoms with Gasteiger partial charge in [-0.3, -0.25) is 0 Å². The minimum Gasteiger partial charge on any atom is -0.399 e. The highest BCUT2D eigenvalue weighted by Gasteiger charge is 2.12. The quantitative estimate of drug-likeness (QED) is 0.477. The molecule has 4 nitrogen and oxygen atoms in total. The van der Waals surface area contributed by atoms with E-state index in [4.69, 9.17) is 5.73 Å². The number of aromatic nitrogens is 2. The summed E-state index contributed by atoms with van der Waals surface area (Å²) in [4.78, 5) is 9.93. The van der Waals surface area contributed by atoms with Crippen molar-refractivity contribution < 1.29 is 5.11 Å². The number of hydrogen-bond acceptors (Lipinski definition) is 4. The fraction of sp³-hybridized carbons (Fsp3) is 0.0500. The Labute approximate surface area is 149 Å². The van der Waals surface area contributed by atoms with Crippen LogP contribution in [0.3, 0.4) is 0 Å². The third-order valence-electron chi connectivity index (χ3n) is 4.07. The Kier molecular flexibility index (Phi) is 4.17. The van der Waals surface area contributed by atoms with Gasteiger partial charge in [-0.2, -0.15) is 0 Å². The van der Waals surface area contributed by atoms with Crippen molar-refractivity contribution >= 4 is 28.5 Å². The number of pyridine rings is 1. The maximum atomic E-state index is 9.42. The molecule has 0 aliphatic heterocycles. The zero-order valence-corrected chi connectivity index (χ0v) is 14.3. The van der Waals surface area contributed by atoms with E-state index >= 15 is 0 Å². The van der Waals surface area contributed by atoms with E-state index in [0.29, 0.717) is 0 Å². The number of nitrogens with two attached hydrogens (primary N) is 1. The second-order valence-corrected chi connectivity index (χ2v) is 6.88. The summed E-state index contributed by atoms with van der Waals surface area (Å²) in [6.07, 6.45) is 3.79. The average Bonchev–Trinajstić information content (AvgIpc) is 3.07. The second-order valence-electron chi connectivity index (χ2n) is 5.76. The normalized spacial score (nSPS) is 11.1. The molecule has 0 aliphatic rings. The van der Waals surface area contributed by atoms with Crippen molar-refractivity contribution in [2.75, 3.05) is 5.73 Å². The number of hydrogen-bond donors (Lipinski definition) is 3. The number of rotatable bonds is 4. The lowest BCUT2D eigenvalue weighted by Crippen LogP contribution is -1.87. The number of nitrogens with one attached hydrogen (secondary N) is 1. The minimum absolute atomic E-state index is 0.0300. The lowest BCUT2D eigenvalue weighted by Gasteiger charge is -2.08. The van der Waals surface area contributed by atoms with Crippen LogP contribution >= 0.6 is 11.8 Å². The van der Waals surface area contributed by atoms with Gasteiger partial charge in [-0.15, -0.1) is 0 Å². The Morgan fingerprint density at radius 3 is 2.72 bits per heavy atom. The molecular weight excluding hydrogens is 330 g/mol. The fourth-order valence-electron chi connectivity index (χ4n) is 2.85. The van der Waals surface area contributed by atoms with E-state index < -0.39 is 0 Å². The Balaban J connectivity index is 1.82. The Hall–Kier alpha value is -2.76. The molecule has 0 fully saturated rings. The van der Waals surface area contributed by atoms with Crippen LogP contribution in [-0.4, -0.2) is 15.1 Å². The van der Waals surface area contributed by atoms with E-state index in [9.17, 15) is 5.11 Å². The van der Waals surface area contributed by atoms with Gasteiger partial charge < -0.3 is 15.8 Å². The summed E-state index contributed by atoms with van der Waals surface area (Å²) in [6.45, 7) is 0.0300.